The molecule has 0 aliphatic rings. The van der Waals surface area contributed by atoms with Gasteiger partial charge in [0.1, 0.15) is 0 Å². The summed E-state index contributed by atoms with van der Waals surface area (Å²) in [5.74, 6) is 0. The van der Waals surface area contributed by atoms with Crippen molar-refractivity contribution in [3.63, 3.8) is 0 Å². The van der Waals surface area contributed by atoms with E-state index >= 15 is 0 Å². The highest BCUT2D eigenvalue weighted by molar-refractivity contribution is 5.85. The van der Waals surface area contributed by atoms with Gasteiger partial charge in [-0.2, -0.15) is 0 Å². The Balaban J connectivity index is 2.33. The minimum atomic E-state index is -0.321. The number of amides is 1. The number of nitrogens with zero attached hydrogens (tertiary/aromatic N) is 1. The molecule has 2 aromatic carbocycles. The molecule has 0 atom stereocenters. The van der Waals surface area contributed by atoms with E-state index in [1.807, 2.05) is 24.3 Å². The van der Waals surface area contributed by atoms with Gasteiger partial charge in [0.15, 0.2) is 0 Å². The summed E-state index contributed by atoms with van der Waals surface area (Å²) in [7, 11) is 3.12. The Morgan fingerprint density at radius 2 is 1.88 bits per heavy atom. The van der Waals surface area contributed by atoms with Gasteiger partial charge >= 0.3 is 6.09 Å². The molecule has 0 aliphatic heterocycles. The lowest BCUT2D eigenvalue weighted by atomic mass is 10.0. The van der Waals surface area contributed by atoms with Crippen LogP contribution in [0.25, 0.3) is 10.8 Å². The fraction of sp³-hybridized carbons (Fsp3) is 0.214. The van der Waals surface area contributed by atoms with Crippen molar-refractivity contribution in [2.45, 2.75) is 6.54 Å². The number of hydrogen-bond acceptors (Lipinski definition) is 2. The number of ether oxygens (including phenoxy) is 1. The molecule has 0 aromatic heterocycles. The summed E-state index contributed by atoms with van der Waals surface area (Å²) in [6, 6.07) is 14.2. The predicted molar refractivity (Wildman–Crippen MR) is 67.8 cm³/mol. The second-order valence-corrected chi connectivity index (χ2v) is 3.96. The first-order valence-electron chi connectivity index (χ1n) is 5.48. The van der Waals surface area contributed by atoms with Crippen molar-refractivity contribution in [1.29, 1.82) is 0 Å². The lowest BCUT2D eigenvalue weighted by Crippen LogP contribution is -2.25. The monoisotopic (exact) mass is 229 g/mol. The molecule has 0 unspecified atom stereocenters. The van der Waals surface area contributed by atoms with Crippen LogP contribution >= 0.6 is 0 Å². The van der Waals surface area contributed by atoms with E-state index in [4.69, 9.17) is 0 Å². The topological polar surface area (TPSA) is 29.5 Å². The van der Waals surface area contributed by atoms with E-state index in [1.54, 1.807) is 11.9 Å². The van der Waals surface area contributed by atoms with E-state index in [-0.39, 0.29) is 6.09 Å². The molecular formula is C14H15NO2. The number of rotatable bonds is 2. The average molecular weight is 229 g/mol. The van der Waals surface area contributed by atoms with Gasteiger partial charge in [0.25, 0.3) is 0 Å². The molecular weight excluding hydrogens is 214 g/mol. The average Bonchev–Trinajstić information content (AvgIpc) is 2.38. The van der Waals surface area contributed by atoms with E-state index < -0.39 is 0 Å². The number of benzene rings is 2. The van der Waals surface area contributed by atoms with Gasteiger partial charge in [0, 0.05) is 13.6 Å². The SMILES string of the molecule is COC(=O)N(C)Cc1cccc2ccccc12. The summed E-state index contributed by atoms with van der Waals surface area (Å²) >= 11 is 0. The second-order valence-electron chi connectivity index (χ2n) is 3.96. The molecule has 2 aromatic rings. The van der Waals surface area contributed by atoms with Crippen LogP contribution in [0, 0.1) is 0 Å². The van der Waals surface area contributed by atoms with Crippen LogP contribution in [0.15, 0.2) is 42.5 Å². The van der Waals surface area contributed by atoms with Crippen molar-refractivity contribution >= 4 is 16.9 Å². The number of methoxy groups -OCH3 is 1. The second kappa shape index (κ2) is 4.87. The van der Waals surface area contributed by atoms with Crippen molar-refractivity contribution in [1.82, 2.24) is 4.90 Å². The fourth-order valence-corrected chi connectivity index (χ4v) is 1.91. The number of carbonyl (C=O) groups is 1. The van der Waals surface area contributed by atoms with E-state index in [1.165, 1.54) is 17.9 Å². The molecule has 88 valence electrons. The summed E-state index contributed by atoms with van der Waals surface area (Å²) < 4.78 is 4.68. The van der Waals surface area contributed by atoms with Crippen LogP contribution in [0.2, 0.25) is 0 Å². The molecule has 3 nitrogen and oxygen atoms in total. The van der Waals surface area contributed by atoms with Gasteiger partial charge in [-0.1, -0.05) is 42.5 Å². The van der Waals surface area contributed by atoms with Gasteiger partial charge in [-0.05, 0) is 16.3 Å². The zero-order chi connectivity index (χ0) is 12.3. The third-order valence-electron chi connectivity index (χ3n) is 2.77. The van der Waals surface area contributed by atoms with Crippen LogP contribution in [-0.4, -0.2) is 25.2 Å². The van der Waals surface area contributed by atoms with Gasteiger partial charge in [-0.25, -0.2) is 4.79 Å². The minimum absolute atomic E-state index is 0.321. The highest BCUT2D eigenvalue weighted by Gasteiger charge is 2.09. The minimum Gasteiger partial charge on any atom is -0.453 e. The zero-order valence-electron chi connectivity index (χ0n) is 10.0. The molecule has 17 heavy (non-hydrogen) atoms. The Kier molecular flexibility index (Phi) is 3.28. The van der Waals surface area contributed by atoms with E-state index in [2.05, 4.69) is 22.9 Å². The van der Waals surface area contributed by atoms with Crippen molar-refractivity contribution in [2.75, 3.05) is 14.2 Å². The summed E-state index contributed by atoms with van der Waals surface area (Å²) in [6.07, 6.45) is -0.321. The Hall–Kier alpha value is -2.03. The van der Waals surface area contributed by atoms with Crippen molar-refractivity contribution in [3.8, 4) is 0 Å². The summed E-state index contributed by atoms with van der Waals surface area (Å²) in [4.78, 5) is 12.9. The smallest absolute Gasteiger partial charge is 0.409 e. The van der Waals surface area contributed by atoms with Crippen LogP contribution < -0.4 is 0 Å². The van der Waals surface area contributed by atoms with Crippen LogP contribution in [0.3, 0.4) is 0 Å². The van der Waals surface area contributed by atoms with Crippen LogP contribution in [-0.2, 0) is 11.3 Å². The molecule has 0 bridgehead atoms. The molecule has 0 N–H and O–H groups in total. The van der Waals surface area contributed by atoms with E-state index in [0.29, 0.717) is 6.54 Å². The zero-order valence-corrected chi connectivity index (χ0v) is 10.0. The van der Waals surface area contributed by atoms with Crippen molar-refractivity contribution < 1.29 is 9.53 Å². The first-order chi connectivity index (χ1) is 8.22. The molecule has 0 radical (unpaired) electrons. The highest BCUT2D eigenvalue weighted by atomic mass is 16.5. The van der Waals surface area contributed by atoms with Gasteiger partial charge in [0.05, 0.1) is 7.11 Å². The summed E-state index contributed by atoms with van der Waals surface area (Å²) in [5, 5.41) is 2.36. The number of carbonyl (C=O) groups excluding carboxylic acids is 1. The largest absolute Gasteiger partial charge is 0.453 e. The molecule has 0 fully saturated rings. The number of fused-ring (bicyclic) bond motifs is 1. The highest BCUT2D eigenvalue weighted by Crippen LogP contribution is 2.19. The predicted octanol–water partition coefficient (Wildman–Crippen LogP) is 3.04. The molecule has 3 heteroatoms. The van der Waals surface area contributed by atoms with E-state index in [0.717, 1.165) is 5.56 Å². The Labute approximate surface area is 101 Å². The number of hydrogen-bond donors (Lipinski definition) is 0. The van der Waals surface area contributed by atoms with Crippen molar-refractivity contribution in [3.05, 3.63) is 48.0 Å². The Morgan fingerprint density at radius 1 is 1.18 bits per heavy atom. The lowest BCUT2D eigenvalue weighted by molar-refractivity contribution is 0.131. The Morgan fingerprint density at radius 3 is 2.65 bits per heavy atom. The molecule has 0 spiro atoms. The van der Waals surface area contributed by atoms with Crippen LogP contribution in [0.1, 0.15) is 5.56 Å². The maximum atomic E-state index is 11.4. The van der Waals surface area contributed by atoms with E-state index in [9.17, 15) is 4.79 Å². The van der Waals surface area contributed by atoms with Gasteiger partial charge in [-0.15, -0.1) is 0 Å². The fourth-order valence-electron chi connectivity index (χ4n) is 1.91. The van der Waals surface area contributed by atoms with Gasteiger partial charge < -0.3 is 9.64 Å². The van der Waals surface area contributed by atoms with Gasteiger partial charge in [0.2, 0.25) is 0 Å². The lowest BCUT2D eigenvalue weighted by Gasteiger charge is -2.16. The Bertz CT molecular complexity index is 531. The quantitative estimate of drug-likeness (QED) is 0.792. The van der Waals surface area contributed by atoms with Crippen LogP contribution in [0.5, 0.6) is 0 Å². The standard InChI is InChI=1S/C14H15NO2/c1-15(14(16)17-2)10-12-8-5-7-11-6-3-4-9-13(11)12/h3-9H,10H2,1-2H3. The molecule has 0 heterocycles. The normalized spacial score (nSPS) is 10.2. The third-order valence-corrected chi connectivity index (χ3v) is 2.77. The first-order valence-corrected chi connectivity index (χ1v) is 5.48. The summed E-state index contributed by atoms with van der Waals surface area (Å²) in [6.45, 7) is 0.550. The first kappa shape index (κ1) is 11.5. The third kappa shape index (κ3) is 2.38. The maximum Gasteiger partial charge on any atom is 0.409 e. The molecule has 0 saturated heterocycles. The van der Waals surface area contributed by atoms with Crippen LogP contribution in [0.4, 0.5) is 4.79 Å². The molecule has 2 rings (SSSR count). The van der Waals surface area contributed by atoms with Gasteiger partial charge in [-0.3, -0.25) is 0 Å². The maximum absolute atomic E-state index is 11.4. The molecule has 1 amide bonds. The molecule has 0 aliphatic carbocycles. The summed E-state index contributed by atoms with van der Waals surface area (Å²) in [5.41, 5.74) is 1.12. The molecule has 0 saturated carbocycles. The van der Waals surface area contributed by atoms with Crippen molar-refractivity contribution in [2.24, 2.45) is 0 Å².